The number of carbonyl (C=O) groups excluding carboxylic acids is 1. The van der Waals surface area contributed by atoms with Gasteiger partial charge in [-0.15, -0.1) is 0 Å². The van der Waals surface area contributed by atoms with Crippen molar-refractivity contribution in [1.29, 1.82) is 0 Å². The fourth-order valence-corrected chi connectivity index (χ4v) is 2.10. The zero-order valence-electron chi connectivity index (χ0n) is 9.69. The summed E-state index contributed by atoms with van der Waals surface area (Å²) < 4.78 is 5.01. The molecule has 0 aromatic heterocycles. The van der Waals surface area contributed by atoms with Gasteiger partial charge >= 0.3 is 5.97 Å². The van der Waals surface area contributed by atoms with Crippen LogP contribution < -0.4 is 0 Å². The van der Waals surface area contributed by atoms with Crippen molar-refractivity contribution in [2.24, 2.45) is 11.8 Å². The van der Waals surface area contributed by atoms with Crippen LogP contribution in [0, 0.1) is 11.8 Å². The number of benzene rings is 1. The molecular formula is C14H18O2. The van der Waals surface area contributed by atoms with Gasteiger partial charge in [-0.05, 0) is 37.7 Å². The zero-order chi connectivity index (χ0) is 11.4. The van der Waals surface area contributed by atoms with Gasteiger partial charge in [0.05, 0.1) is 12.5 Å². The van der Waals surface area contributed by atoms with Crippen LogP contribution >= 0.6 is 0 Å². The van der Waals surface area contributed by atoms with Crippen LogP contribution in [0.1, 0.15) is 25.3 Å². The maximum absolute atomic E-state index is 11.4. The van der Waals surface area contributed by atoms with E-state index in [1.165, 1.54) is 5.56 Å². The number of hydrogen-bond donors (Lipinski definition) is 0. The van der Waals surface area contributed by atoms with Gasteiger partial charge in [-0.3, -0.25) is 4.79 Å². The summed E-state index contributed by atoms with van der Waals surface area (Å²) in [6.07, 6.45) is 3.20. The lowest BCUT2D eigenvalue weighted by molar-refractivity contribution is -0.145. The Kier molecular flexibility index (Phi) is 3.60. The molecule has 0 radical (unpaired) electrons. The Hall–Kier alpha value is -1.31. The molecule has 2 rings (SSSR count). The molecule has 0 aliphatic heterocycles. The number of hydrogen-bond acceptors (Lipinski definition) is 2. The summed E-state index contributed by atoms with van der Waals surface area (Å²) in [6, 6.07) is 10.4. The van der Waals surface area contributed by atoms with Crippen LogP contribution in [0.25, 0.3) is 0 Å². The van der Waals surface area contributed by atoms with Crippen molar-refractivity contribution in [2.45, 2.75) is 26.2 Å². The van der Waals surface area contributed by atoms with Gasteiger partial charge in [-0.1, -0.05) is 30.3 Å². The van der Waals surface area contributed by atoms with E-state index in [4.69, 9.17) is 4.74 Å². The van der Waals surface area contributed by atoms with Crippen LogP contribution in [-0.2, 0) is 16.0 Å². The van der Waals surface area contributed by atoms with Gasteiger partial charge in [0.15, 0.2) is 0 Å². The molecule has 1 aromatic carbocycles. The molecule has 1 saturated carbocycles. The van der Waals surface area contributed by atoms with Gasteiger partial charge in [0, 0.05) is 0 Å². The number of esters is 1. The van der Waals surface area contributed by atoms with Crippen LogP contribution in [-0.4, -0.2) is 12.6 Å². The molecule has 0 amide bonds. The second kappa shape index (κ2) is 5.15. The Balaban J connectivity index is 1.72. The first-order valence-corrected chi connectivity index (χ1v) is 6.02. The van der Waals surface area contributed by atoms with E-state index in [2.05, 4.69) is 24.3 Å². The molecule has 2 nitrogen and oxygen atoms in total. The van der Waals surface area contributed by atoms with Gasteiger partial charge in [0.1, 0.15) is 0 Å². The Morgan fingerprint density at radius 1 is 1.38 bits per heavy atom. The highest BCUT2D eigenvalue weighted by Crippen LogP contribution is 2.42. The van der Waals surface area contributed by atoms with Crippen molar-refractivity contribution in [2.75, 3.05) is 6.61 Å². The molecule has 2 atom stereocenters. The summed E-state index contributed by atoms with van der Waals surface area (Å²) >= 11 is 0. The fourth-order valence-electron chi connectivity index (χ4n) is 2.10. The number of aryl methyl sites for hydroxylation is 1. The standard InChI is InChI=1S/C14H18O2/c1-2-16-14(15)13-10-12(13)9-8-11-6-4-3-5-7-11/h3-7,12-13H,2,8-10H2,1H3/t12?,13-/m1/s1. The van der Waals surface area contributed by atoms with Gasteiger partial charge in [-0.2, -0.15) is 0 Å². The largest absolute Gasteiger partial charge is 0.466 e. The maximum Gasteiger partial charge on any atom is 0.309 e. The van der Waals surface area contributed by atoms with Gasteiger partial charge in [0.2, 0.25) is 0 Å². The average Bonchev–Trinajstić information content (AvgIpc) is 3.08. The highest BCUT2D eigenvalue weighted by molar-refractivity contribution is 5.75. The van der Waals surface area contributed by atoms with E-state index in [0.717, 1.165) is 19.3 Å². The van der Waals surface area contributed by atoms with E-state index in [0.29, 0.717) is 12.5 Å². The number of ether oxygens (including phenoxy) is 1. The van der Waals surface area contributed by atoms with Crippen molar-refractivity contribution < 1.29 is 9.53 Å². The smallest absolute Gasteiger partial charge is 0.309 e. The summed E-state index contributed by atoms with van der Waals surface area (Å²) in [6.45, 7) is 2.36. The van der Waals surface area contributed by atoms with Crippen molar-refractivity contribution in [1.82, 2.24) is 0 Å². The van der Waals surface area contributed by atoms with E-state index in [-0.39, 0.29) is 11.9 Å². The molecule has 0 spiro atoms. The molecule has 0 N–H and O–H groups in total. The third-order valence-corrected chi connectivity index (χ3v) is 3.16. The van der Waals surface area contributed by atoms with Crippen LogP contribution in [0.3, 0.4) is 0 Å². The second-order valence-corrected chi connectivity index (χ2v) is 4.38. The molecule has 1 aliphatic carbocycles. The minimum Gasteiger partial charge on any atom is -0.466 e. The highest BCUT2D eigenvalue weighted by atomic mass is 16.5. The summed E-state index contributed by atoms with van der Waals surface area (Å²) in [4.78, 5) is 11.4. The predicted molar refractivity (Wildman–Crippen MR) is 63.0 cm³/mol. The summed E-state index contributed by atoms with van der Waals surface area (Å²) in [5, 5.41) is 0. The normalized spacial score (nSPS) is 22.8. The minimum absolute atomic E-state index is 0.000520. The monoisotopic (exact) mass is 218 g/mol. The molecule has 1 unspecified atom stereocenters. The fraction of sp³-hybridized carbons (Fsp3) is 0.500. The lowest BCUT2D eigenvalue weighted by Gasteiger charge is -2.01. The molecule has 0 saturated heterocycles. The summed E-state index contributed by atoms with van der Waals surface area (Å²) in [5.41, 5.74) is 1.36. The molecule has 0 heterocycles. The highest BCUT2D eigenvalue weighted by Gasteiger charge is 2.43. The van der Waals surface area contributed by atoms with Crippen LogP contribution in [0.4, 0.5) is 0 Å². The summed E-state index contributed by atoms with van der Waals surface area (Å²) in [7, 11) is 0. The van der Waals surface area contributed by atoms with E-state index in [1.807, 2.05) is 13.0 Å². The van der Waals surface area contributed by atoms with Crippen LogP contribution in [0.5, 0.6) is 0 Å². The first-order chi connectivity index (χ1) is 7.81. The Morgan fingerprint density at radius 3 is 2.81 bits per heavy atom. The van der Waals surface area contributed by atoms with E-state index >= 15 is 0 Å². The first-order valence-electron chi connectivity index (χ1n) is 6.02. The molecule has 0 bridgehead atoms. The molecule has 16 heavy (non-hydrogen) atoms. The SMILES string of the molecule is CCOC(=O)[C@@H]1CC1CCc1ccccc1. The first kappa shape index (κ1) is 11.2. The van der Waals surface area contributed by atoms with Crippen molar-refractivity contribution in [3.8, 4) is 0 Å². The Labute approximate surface area is 96.6 Å². The molecule has 2 heteroatoms. The average molecular weight is 218 g/mol. The lowest BCUT2D eigenvalue weighted by Crippen LogP contribution is -2.07. The third-order valence-electron chi connectivity index (χ3n) is 3.16. The maximum atomic E-state index is 11.4. The van der Waals surface area contributed by atoms with Gasteiger partial charge in [0.25, 0.3) is 0 Å². The third kappa shape index (κ3) is 2.84. The van der Waals surface area contributed by atoms with Gasteiger partial charge < -0.3 is 4.74 Å². The quantitative estimate of drug-likeness (QED) is 0.710. The lowest BCUT2D eigenvalue weighted by atomic mass is 10.1. The predicted octanol–water partition coefficient (Wildman–Crippen LogP) is 2.82. The van der Waals surface area contributed by atoms with E-state index in [1.54, 1.807) is 0 Å². The number of rotatable bonds is 5. The molecular weight excluding hydrogens is 200 g/mol. The van der Waals surface area contributed by atoms with E-state index < -0.39 is 0 Å². The second-order valence-electron chi connectivity index (χ2n) is 4.38. The van der Waals surface area contributed by atoms with Crippen LogP contribution in [0.15, 0.2) is 30.3 Å². The number of carbonyl (C=O) groups is 1. The topological polar surface area (TPSA) is 26.3 Å². The minimum atomic E-state index is 0.000520. The van der Waals surface area contributed by atoms with Crippen molar-refractivity contribution in [3.63, 3.8) is 0 Å². The van der Waals surface area contributed by atoms with Crippen molar-refractivity contribution >= 4 is 5.97 Å². The van der Waals surface area contributed by atoms with Gasteiger partial charge in [-0.25, -0.2) is 0 Å². The molecule has 1 fully saturated rings. The zero-order valence-corrected chi connectivity index (χ0v) is 9.69. The Bertz CT molecular complexity index is 345. The van der Waals surface area contributed by atoms with Crippen LogP contribution in [0.2, 0.25) is 0 Å². The van der Waals surface area contributed by atoms with E-state index in [9.17, 15) is 4.79 Å². The summed E-state index contributed by atoms with van der Waals surface area (Å²) in [5.74, 6) is 0.739. The molecule has 1 aromatic rings. The molecule has 86 valence electrons. The molecule has 1 aliphatic rings. The Morgan fingerprint density at radius 2 is 2.12 bits per heavy atom. The van der Waals surface area contributed by atoms with Crippen molar-refractivity contribution in [3.05, 3.63) is 35.9 Å².